The van der Waals surface area contributed by atoms with Crippen LogP contribution in [0.1, 0.15) is 11.4 Å². The second kappa shape index (κ2) is 4.18. The topological polar surface area (TPSA) is 60.2 Å². The summed E-state index contributed by atoms with van der Waals surface area (Å²) in [5.41, 5.74) is 1.53. The van der Waals surface area contributed by atoms with Gasteiger partial charge in [-0.1, -0.05) is 5.21 Å². The molecule has 0 aliphatic carbocycles. The Kier molecular flexibility index (Phi) is 3.19. The molecule has 0 unspecified atom stereocenters. The Labute approximate surface area is 71.0 Å². The highest BCUT2D eigenvalue weighted by molar-refractivity contribution is 5.05. The van der Waals surface area contributed by atoms with Gasteiger partial charge in [-0.15, -0.1) is 5.10 Å². The van der Waals surface area contributed by atoms with Crippen LogP contribution in [0.3, 0.4) is 0 Å². The monoisotopic (exact) mass is 171 g/mol. The normalized spacial score (nSPS) is 10.6. The van der Waals surface area contributed by atoms with Gasteiger partial charge in [0.05, 0.1) is 25.5 Å². The molecular formula is C7H13N3O2. The Bertz CT molecular complexity index is 247. The summed E-state index contributed by atoms with van der Waals surface area (Å²) in [6.45, 7) is 3.10. The fourth-order valence-corrected chi connectivity index (χ4v) is 0.933. The first-order valence-corrected chi connectivity index (χ1v) is 3.78. The smallest absolute Gasteiger partial charge is 0.111 e. The van der Waals surface area contributed by atoms with E-state index in [0.29, 0.717) is 18.8 Å². The summed E-state index contributed by atoms with van der Waals surface area (Å²) in [6, 6.07) is 0. The lowest BCUT2D eigenvalue weighted by Gasteiger charge is -2.01. The second-order valence-electron chi connectivity index (χ2n) is 2.50. The highest BCUT2D eigenvalue weighted by Gasteiger charge is 2.05. The number of nitrogens with zero attached hydrogens (tertiary/aromatic N) is 3. The number of aliphatic hydroxyl groups excluding tert-OH is 1. The van der Waals surface area contributed by atoms with Crippen LogP contribution >= 0.6 is 0 Å². The van der Waals surface area contributed by atoms with Gasteiger partial charge in [0.1, 0.15) is 5.69 Å². The molecule has 1 N–H and O–H groups in total. The number of rotatable bonds is 4. The molecule has 0 radical (unpaired) electrons. The summed E-state index contributed by atoms with van der Waals surface area (Å²) in [7, 11) is 1.64. The van der Waals surface area contributed by atoms with E-state index in [1.165, 1.54) is 0 Å². The first kappa shape index (κ1) is 9.15. The molecule has 1 aromatic rings. The molecule has 0 spiro atoms. The zero-order valence-corrected chi connectivity index (χ0v) is 7.32. The predicted octanol–water partition coefficient (Wildman–Crippen LogP) is -0.275. The van der Waals surface area contributed by atoms with E-state index in [9.17, 15) is 0 Å². The molecule has 12 heavy (non-hydrogen) atoms. The minimum atomic E-state index is -0.0567. The van der Waals surface area contributed by atoms with Gasteiger partial charge < -0.3 is 9.84 Å². The van der Waals surface area contributed by atoms with E-state index < -0.39 is 0 Å². The first-order chi connectivity index (χ1) is 5.79. The van der Waals surface area contributed by atoms with E-state index in [0.717, 1.165) is 5.69 Å². The summed E-state index contributed by atoms with van der Waals surface area (Å²) in [5, 5.41) is 16.5. The molecule has 0 atom stereocenters. The van der Waals surface area contributed by atoms with Crippen LogP contribution in [0.15, 0.2) is 0 Å². The highest BCUT2D eigenvalue weighted by atomic mass is 16.5. The molecule has 1 rings (SSSR count). The van der Waals surface area contributed by atoms with E-state index in [-0.39, 0.29) is 6.61 Å². The van der Waals surface area contributed by atoms with Crippen molar-refractivity contribution in [1.82, 2.24) is 15.0 Å². The largest absolute Gasteiger partial charge is 0.390 e. The fraction of sp³-hybridized carbons (Fsp3) is 0.714. The van der Waals surface area contributed by atoms with E-state index in [4.69, 9.17) is 9.84 Å². The van der Waals surface area contributed by atoms with Gasteiger partial charge in [0, 0.05) is 7.11 Å². The maximum Gasteiger partial charge on any atom is 0.111 e. The fourth-order valence-electron chi connectivity index (χ4n) is 0.933. The Balaban J connectivity index is 2.66. The van der Waals surface area contributed by atoms with Gasteiger partial charge in [-0.2, -0.15) is 0 Å². The van der Waals surface area contributed by atoms with Crippen LogP contribution < -0.4 is 0 Å². The number of ether oxygens (including phenoxy) is 1. The van der Waals surface area contributed by atoms with Crippen molar-refractivity contribution in [2.75, 3.05) is 13.7 Å². The zero-order chi connectivity index (χ0) is 8.97. The molecule has 1 heterocycles. The molecule has 68 valence electrons. The van der Waals surface area contributed by atoms with Gasteiger partial charge in [-0.3, -0.25) is 0 Å². The maximum atomic E-state index is 8.81. The zero-order valence-electron chi connectivity index (χ0n) is 7.32. The molecule has 0 aliphatic rings. The van der Waals surface area contributed by atoms with Crippen LogP contribution in [-0.2, 0) is 17.9 Å². The number of methoxy groups -OCH3 is 1. The molecule has 0 fully saturated rings. The third kappa shape index (κ3) is 1.80. The molecule has 0 amide bonds. The summed E-state index contributed by atoms with van der Waals surface area (Å²) in [6.07, 6.45) is 0. The molecule has 0 aromatic carbocycles. The van der Waals surface area contributed by atoms with Crippen LogP contribution in [0.25, 0.3) is 0 Å². The molecule has 0 aliphatic heterocycles. The first-order valence-electron chi connectivity index (χ1n) is 3.78. The standard InChI is InChI=1S/C7H13N3O2/c1-6-7(5-11)8-9-10(6)3-4-12-2/h11H,3-5H2,1-2H3. The minimum Gasteiger partial charge on any atom is -0.390 e. The number of hydrogen-bond acceptors (Lipinski definition) is 4. The third-order valence-electron chi connectivity index (χ3n) is 1.74. The predicted molar refractivity (Wildman–Crippen MR) is 42.6 cm³/mol. The van der Waals surface area contributed by atoms with E-state index in [2.05, 4.69) is 10.3 Å². The average Bonchev–Trinajstić information content (AvgIpc) is 2.43. The number of aliphatic hydroxyl groups is 1. The molecule has 0 saturated carbocycles. The van der Waals surface area contributed by atoms with Crippen molar-refractivity contribution in [3.63, 3.8) is 0 Å². The van der Waals surface area contributed by atoms with Crippen molar-refractivity contribution in [3.05, 3.63) is 11.4 Å². The minimum absolute atomic E-state index is 0.0567. The maximum absolute atomic E-state index is 8.81. The average molecular weight is 171 g/mol. The Hall–Kier alpha value is -0.940. The number of aromatic nitrogens is 3. The molecule has 5 heteroatoms. The van der Waals surface area contributed by atoms with E-state index in [1.54, 1.807) is 11.8 Å². The van der Waals surface area contributed by atoms with Crippen LogP contribution in [0, 0.1) is 6.92 Å². The molecular weight excluding hydrogens is 158 g/mol. The van der Waals surface area contributed by atoms with E-state index >= 15 is 0 Å². The Morgan fingerprint density at radius 3 is 2.83 bits per heavy atom. The van der Waals surface area contributed by atoms with Crippen molar-refractivity contribution < 1.29 is 9.84 Å². The van der Waals surface area contributed by atoms with E-state index in [1.807, 2.05) is 6.92 Å². The summed E-state index contributed by atoms with van der Waals surface area (Å²) < 4.78 is 6.61. The van der Waals surface area contributed by atoms with Crippen molar-refractivity contribution in [2.45, 2.75) is 20.1 Å². The van der Waals surface area contributed by atoms with Gasteiger partial charge in [0.25, 0.3) is 0 Å². The summed E-state index contributed by atoms with van der Waals surface area (Å²) >= 11 is 0. The Morgan fingerprint density at radius 2 is 2.33 bits per heavy atom. The molecule has 5 nitrogen and oxygen atoms in total. The van der Waals surface area contributed by atoms with Gasteiger partial charge in [-0.25, -0.2) is 4.68 Å². The number of hydrogen-bond donors (Lipinski definition) is 1. The summed E-state index contributed by atoms with van der Waals surface area (Å²) in [5.74, 6) is 0. The lowest BCUT2D eigenvalue weighted by atomic mass is 10.3. The third-order valence-corrected chi connectivity index (χ3v) is 1.74. The van der Waals surface area contributed by atoms with Gasteiger partial charge in [-0.05, 0) is 6.92 Å². The SMILES string of the molecule is COCCn1nnc(CO)c1C. The molecule has 0 saturated heterocycles. The van der Waals surface area contributed by atoms with Crippen molar-refractivity contribution in [3.8, 4) is 0 Å². The quantitative estimate of drug-likeness (QED) is 0.677. The molecule has 1 aromatic heterocycles. The van der Waals surface area contributed by atoms with Crippen molar-refractivity contribution in [1.29, 1.82) is 0 Å². The van der Waals surface area contributed by atoms with Crippen molar-refractivity contribution in [2.24, 2.45) is 0 Å². The van der Waals surface area contributed by atoms with Gasteiger partial charge in [0.2, 0.25) is 0 Å². The second-order valence-corrected chi connectivity index (χ2v) is 2.50. The van der Waals surface area contributed by atoms with Crippen molar-refractivity contribution >= 4 is 0 Å². The van der Waals surface area contributed by atoms with Crippen LogP contribution in [-0.4, -0.2) is 33.8 Å². The summed E-state index contributed by atoms with van der Waals surface area (Å²) in [4.78, 5) is 0. The Morgan fingerprint density at radius 1 is 1.58 bits per heavy atom. The van der Waals surface area contributed by atoms with Crippen LogP contribution in [0.5, 0.6) is 0 Å². The highest BCUT2D eigenvalue weighted by Crippen LogP contribution is 2.02. The van der Waals surface area contributed by atoms with Gasteiger partial charge in [0.15, 0.2) is 0 Å². The lowest BCUT2D eigenvalue weighted by Crippen LogP contribution is -2.07. The lowest BCUT2D eigenvalue weighted by molar-refractivity contribution is 0.182. The van der Waals surface area contributed by atoms with Gasteiger partial charge >= 0.3 is 0 Å². The van der Waals surface area contributed by atoms with Crippen LogP contribution in [0.4, 0.5) is 0 Å². The van der Waals surface area contributed by atoms with Crippen LogP contribution in [0.2, 0.25) is 0 Å². The molecule has 0 bridgehead atoms.